The zero-order valence-electron chi connectivity index (χ0n) is 6.49. The van der Waals surface area contributed by atoms with Crippen LogP contribution in [0, 0.1) is 0 Å². The van der Waals surface area contributed by atoms with E-state index in [4.69, 9.17) is 11.6 Å². The van der Waals surface area contributed by atoms with Gasteiger partial charge in [-0.05, 0) is 11.4 Å². The molecule has 0 amide bonds. The lowest BCUT2D eigenvalue weighted by Crippen LogP contribution is -1.88. The highest BCUT2D eigenvalue weighted by Crippen LogP contribution is 2.25. The summed E-state index contributed by atoms with van der Waals surface area (Å²) in [5.41, 5.74) is 0.942. The maximum absolute atomic E-state index is 5.85. The van der Waals surface area contributed by atoms with Gasteiger partial charge >= 0.3 is 0 Å². The van der Waals surface area contributed by atoms with E-state index in [0.29, 0.717) is 5.15 Å². The summed E-state index contributed by atoms with van der Waals surface area (Å²) in [6.07, 6.45) is 0. The van der Waals surface area contributed by atoms with E-state index in [2.05, 4.69) is 5.10 Å². The number of nitrogens with zero attached hydrogens (tertiary/aromatic N) is 2. The van der Waals surface area contributed by atoms with Crippen molar-refractivity contribution < 1.29 is 0 Å². The minimum atomic E-state index is 0.665. The minimum Gasteiger partial charge on any atom is -0.256 e. The minimum absolute atomic E-state index is 0.665. The smallest absolute Gasteiger partial charge is 0.127 e. The summed E-state index contributed by atoms with van der Waals surface area (Å²) in [6, 6.07) is 5.90. The molecule has 0 radical (unpaired) electrons. The van der Waals surface area contributed by atoms with Gasteiger partial charge in [-0.2, -0.15) is 5.10 Å². The van der Waals surface area contributed by atoms with Crippen molar-refractivity contribution in [3.63, 3.8) is 0 Å². The van der Waals surface area contributed by atoms with Crippen LogP contribution in [0.1, 0.15) is 0 Å². The first-order valence-electron chi connectivity index (χ1n) is 3.51. The van der Waals surface area contributed by atoms with E-state index in [1.165, 1.54) is 0 Å². The fourth-order valence-corrected chi connectivity index (χ4v) is 1.81. The molecule has 0 unspecified atom stereocenters. The molecule has 0 saturated carbocycles. The second-order valence-corrected chi connectivity index (χ2v) is 3.79. The van der Waals surface area contributed by atoms with Crippen LogP contribution in [0.25, 0.3) is 10.6 Å². The lowest BCUT2D eigenvalue weighted by atomic mass is 10.3. The molecule has 2 nitrogen and oxygen atoms in total. The molecule has 0 aromatic carbocycles. The predicted octanol–water partition coefficient (Wildman–Crippen LogP) is 2.80. The highest BCUT2D eigenvalue weighted by Gasteiger charge is 2.04. The maximum atomic E-state index is 5.85. The molecule has 2 aromatic heterocycles. The molecule has 0 aliphatic heterocycles. The van der Waals surface area contributed by atoms with Crippen molar-refractivity contribution in [1.82, 2.24) is 9.78 Å². The standard InChI is InChI=1S/C8H7ClN2S/c1-11-8(9)5-6(10-11)7-3-2-4-12-7/h2-5H,1H3. The third-order valence-electron chi connectivity index (χ3n) is 1.60. The van der Waals surface area contributed by atoms with E-state index in [-0.39, 0.29) is 0 Å². The number of hydrogen-bond acceptors (Lipinski definition) is 2. The number of hydrogen-bond donors (Lipinski definition) is 0. The van der Waals surface area contributed by atoms with Gasteiger partial charge in [0.25, 0.3) is 0 Å². The van der Waals surface area contributed by atoms with E-state index in [1.807, 2.05) is 30.6 Å². The Kier molecular flexibility index (Phi) is 1.90. The third-order valence-corrected chi connectivity index (χ3v) is 2.84. The Morgan fingerprint density at radius 2 is 2.42 bits per heavy atom. The van der Waals surface area contributed by atoms with Crippen molar-refractivity contribution in [1.29, 1.82) is 0 Å². The number of aryl methyl sites for hydroxylation is 1. The van der Waals surface area contributed by atoms with Gasteiger partial charge in [0.2, 0.25) is 0 Å². The molecule has 0 spiro atoms. The molecule has 0 atom stereocenters. The van der Waals surface area contributed by atoms with E-state index < -0.39 is 0 Å². The summed E-state index contributed by atoms with van der Waals surface area (Å²) in [7, 11) is 1.83. The summed E-state index contributed by atoms with van der Waals surface area (Å²) < 4.78 is 1.66. The predicted molar refractivity (Wildman–Crippen MR) is 51.5 cm³/mol. The number of aromatic nitrogens is 2. The van der Waals surface area contributed by atoms with Gasteiger partial charge in [0, 0.05) is 13.1 Å². The first-order valence-corrected chi connectivity index (χ1v) is 4.76. The van der Waals surface area contributed by atoms with Crippen LogP contribution < -0.4 is 0 Å². The molecule has 2 aromatic rings. The summed E-state index contributed by atoms with van der Waals surface area (Å²) in [5.74, 6) is 0. The average molecular weight is 199 g/mol. The molecule has 4 heteroatoms. The highest BCUT2D eigenvalue weighted by molar-refractivity contribution is 7.13. The Morgan fingerprint density at radius 3 is 2.92 bits per heavy atom. The number of halogens is 1. The van der Waals surface area contributed by atoms with E-state index in [1.54, 1.807) is 16.0 Å². The fourth-order valence-electron chi connectivity index (χ4n) is 0.989. The van der Waals surface area contributed by atoms with Gasteiger partial charge in [-0.15, -0.1) is 11.3 Å². The number of rotatable bonds is 1. The van der Waals surface area contributed by atoms with E-state index in [0.717, 1.165) is 10.6 Å². The molecule has 0 aliphatic carbocycles. The first-order chi connectivity index (χ1) is 5.77. The molecule has 0 bridgehead atoms. The Bertz CT molecular complexity index is 358. The Labute approximate surface area is 79.4 Å². The van der Waals surface area contributed by atoms with Crippen LogP contribution in [-0.2, 0) is 7.05 Å². The summed E-state index contributed by atoms with van der Waals surface area (Å²) in [5, 5.41) is 6.94. The van der Waals surface area contributed by atoms with Crippen molar-refractivity contribution in [2.24, 2.45) is 7.05 Å². The van der Waals surface area contributed by atoms with Gasteiger partial charge in [0.15, 0.2) is 0 Å². The molecule has 0 saturated heterocycles. The van der Waals surface area contributed by atoms with Crippen LogP contribution in [-0.4, -0.2) is 9.78 Å². The molecule has 0 N–H and O–H groups in total. The van der Waals surface area contributed by atoms with Crippen molar-refractivity contribution in [2.75, 3.05) is 0 Å². The number of thiophene rings is 1. The Morgan fingerprint density at radius 1 is 1.58 bits per heavy atom. The molecule has 2 heterocycles. The molecule has 12 heavy (non-hydrogen) atoms. The second kappa shape index (κ2) is 2.92. The SMILES string of the molecule is Cn1nc(-c2cccs2)cc1Cl. The largest absolute Gasteiger partial charge is 0.256 e. The van der Waals surface area contributed by atoms with Crippen molar-refractivity contribution >= 4 is 22.9 Å². The topological polar surface area (TPSA) is 17.8 Å². The van der Waals surface area contributed by atoms with E-state index >= 15 is 0 Å². The first kappa shape index (κ1) is 7.83. The van der Waals surface area contributed by atoms with Crippen molar-refractivity contribution in [3.05, 3.63) is 28.7 Å². The van der Waals surface area contributed by atoms with Gasteiger partial charge in [-0.1, -0.05) is 17.7 Å². The third kappa shape index (κ3) is 1.26. The quantitative estimate of drug-likeness (QED) is 0.689. The molecular weight excluding hydrogens is 192 g/mol. The van der Waals surface area contributed by atoms with Crippen LogP contribution in [0.3, 0.4) is 0 Å². The molecule has 0 aliphatic rings. The second-order valence-electron chi connectivity index (χ2n) is 2.45. The molecular formula is C8H7ClN2S. The molecule has 0 fully saturated rings. The normalized spacial score (nSPS) is 10.5. The Balaban J connectivity index is 2.48. The van der Waals surface area contributed by atoms with Gasteiger partial charge in [0.05, 0.1) is 4.88 Å². The lowest BCUT2D eigenvalue weighted by molar-refractivity contribution is 0.772. The summed E-state index contributed by atoms with van der Waals surface area (Å²) in [4.78, 5) is 1.15. The van der Waals surface area contributed by atoms with Crippen LogP contribution in [0.5, 0.6) is 0 Å². The zero-order chi connectivity index (χ0) is 8.55. The monoisotopic (exact) mass is 198 g/mol. The van der Waals surface area contributed by atoms with Crippen LogP contribution in [0.2, 0.25) is 5.15 Å². The Hall–Kier alpha value is -0.800. The van der Waals surface area contributed by atoms with Gasteiger partial charge in [-0.3, -0.25) is 4.68 Å². The van der Waals surface area contributed by atoms with Gasteiger partial charge in [-0.25, -0.2) is 0 Å². The molecule has 62 valence electrons. The van der Waals surface area contributed by atoms with Crippen LogP contribution >= 0.6 is 22.9 Å². The van der Waals surface area contributed by atoms with Gasteiger partial charge < -0.3 is 0 Å². The summed E-state index contributed by atoms with van der Waals surface area (Å²) in [6.45, 7) is 0. The van der Waals surface area contributed by atoms with Gasteiger partial charge in [0.1, 0.15) is 10.8 Å². The lowest BCUT2D eigenvalue weighted by Gasteiger charge is -1.87. The fraction of sp³-hybridized carbons (Fsp3) is 0.125. The van der Waals surface area contributed by atoms with Crippen LogP contribution in [0.15, 0.2) is 23.6 Å². The summed E-state index contributed by atoms with van der Waals surface area (Å²) >= 11 is 7.51. The zero-order valence-corrected chi connectivity index (χ0v) is 8.06. The molecule has 2 rings (SSSR count). The average Bonchev–Trinajstić information content (AvgIpc) is 2.61. The van der Waals surface area contributed by atoms with E-state index in [9.17, 15) is 0 Å². The van der Waals surface area contributed by atoms with Crippen molar-refractivity contribution in [3.8, 4) is 10.6 Å². The maximum Gasteiger partial charge on any atom is 0.127 e. The van der Waals surface area contributed by atoms with Crippen molar-refractivity contribution in [2.45, 2.75) is 0 Å². The van der Waals surface area contributed by atoms with Crippen LogP contribution in [0.4, 0.5) is 0 Å². The highest BCUT2D eigenvalue weighted by atomic mass is 35.5.